The smallest absolute Gasteiger partial charge is 0.278 e. The van der Waals surface area contributed by atoms with Gasteiger partial charge in [-0.25, -0.2) is 24.3 Å². The lowest BCUT2D eigenvalue weighted by Gasteiger charge is -2.22. The van der Waals surface area contributed by atoms with Crippen molar-refractivity contribution in [1.82, 2.24) is 24.3 Å². The molecule has 8 heteroatoms. The molecule has 1 aliphatic heterocycles. The zero-order chi connectivity index (χ0) is 18.3. The van der Waals surface area contributed by atoms with E-state index in [1.165, 1.54) is 11.8 Å². The third-order valence-electron chi connectivity index (χ3n) is 4.58. The zero-order valence-corrected chi connectivity index (χ0v) is 15.4. The van der Waals surface area contributed by atoms with Gasteiger partial charge >= 0.3 is 0 Å². The van der Waals surface area contributed by atoms with Crippen molar-refractivity contribution in [3.8, 4) is 5.82 Å². The van der Waals surface area contributed by atoms with Crippen LogP contribution in [0.4, 0.5) is 0 Å². The minimum atomic E-state index is -1.04. The second-order valence-corrected chi connectivity index (χ2v) is 7.23. The standard InChI is InChI=1S/C18H19N5O2S/c1-18(25)9-4-3-5-10-22-16(24)12-11-19-17(26-2)21-15(12)23(22)14-8-6-7-13(18)20-14/h3,5-8,11,25H,4,9-10H2,1-2H3. The summed E-state index contributed by atoms with van der Waals surface area (Å²) in [5.74, 6) is 0.552. The Morgan fingerprint density at radius 2 is 2.12 bits per heavy atom. The summed E-state index contributed by atoms with van der Waals surface area (Å²) in [6.45, 7) is 2.16. The van der Waals surface area contributed by atoms with Crippen LogP contribution in [0.15, 0.2) is 46.5 Å². The number of hydrogen-bond donors (Lipinski definition) is 1. The zero-order valence-electron chi connectivity index (χ0n) is 14.6. The van der Waals surface area contributed by atoms with E-state index in [2.05, 4.69) is 15.0 Å². The first kappa shape index (κ1) is 17.0. The SMILES string of the molecule is CSc1ncc2c(=O)n3n(c2n1)-c1cccc(n1)C(C)(O)CCC=CC3. The molecule has 7 nitrogen and oxygen atoms in total. The van der Waals surface area contributed by atoms with E-state index in [1.807, 2.05) is 36.6 Å². The normalized spacial score (nSPS) is 20.0. The number of hydrogen-bond acceptors (Lipinski definition) is 6. The van der Waals surface area contributed by atoms with Gasteiger partial charge in [0, 0.05) is 6.20 Å². The molecule has 1 unspecified atom stereocenters. The summed E-state index contributed by atoms with van der Waals surface area (Å²) < 4.78 is 3.32. The molecule has 1 N–H and O–H groups in total. The Hall–Kier alpha value is -2.45. The largest absolute Gasteiger partial charge is 0.384 e. The van der Waals surface area contributed by atoms with Gasteiger partial charge in [0.05, 0.1) is 12.2 Å². The number of thioether (sulfide) groups is 1. The van der Waals surface area contributed by atoms with Crippen molar-refractivity contribution in [2.75, 3.05) is 6.26 Å². The van der Waals surface area contributed by atoms with Gasteiger partial charge in [-0.3, -0.25) is 4.79 Å². The predicted octanol–water partition coefficient (Wildman–Crippen LogP) is 2.26. The second-order valence-electron chi connectivity index (χ2n) is 6.46. The summed E-state index contributed by atoms with van der Waals surface area (Å²) in [4.78, 5) is 26.3. The molecule has 0 amide bonds. The first-order valence-corrected chi connectivity index (χ1v) is 9.61. The van der Waals surface area contributed by atoms with Crippen LogP contribution >= 0.6 is 11.8 Å². The molecule has 2 bridgehead atoms. The maximum atomic E-state index is 12.9. The third-order valence-corrected chi connectivity index (χ3v) is 5.14. The fourth-order valence-corrected chi connectivity index (χ4v) is 3.47. The highest BCUT2D eigenvalue weighted by Gasteiger charge is 2.26. The molecule has 26 heavy (non-hydrogen) atoms. The van der Waals surface area contributed by atoms with Crippen LogP contribution in [-0.4, -0.2) is 35.7 Å². The van der Waals surface area contributed by atoms with Crippen molar-refractivity contribution in [1.29, 1.82) is 0 Å². The molecule has 1 aliphatic rings. The Labute approximate surface area is 154 Å². The van der Waals surface area contributed by atoms with Crippen molar-refractivity contribution >= 4 is 22.8 Å². The highest BCUT2D eigenvalue weighted by atomic mass is 32.2. The van der Waals surface area contributed by atoms with E-state index in [9.17, 15) is 9.90 Å². The van der Waals surface area contributed by atoms with E-state index >= 15 is 0 Å². The lowest BCUT2D eigenvalue weighted by molar-refractivity contribution is 0.0443. The van der Waals surface area contributed by atoms with E-state index in [4.69, 9.17) is 0 Å². The number of fused-ring (bicyclic) bond motifs is 6. The van der Waals surface area contributed by atoms with Crippen LogP contribution in [-0.2, 0) is 12.1 Å². The quantitative estimate of drug-likeness (QED) is 0.402. The molecule has 0 saturated carbocycles. The van der Waals surface area contributed by atoms with E-state index < -0.39 is 5.60 Å². The average Bonchev–Trinajstić information content (AvgIpc) is 2.91. The molecular formula is C18H19N5O2S. The minimum Gasteiger partial charge on any atom is -0.384 e. The van der Waals surface area contributed by atoms with Crippen LogP contribution in [0.2, 0.25) is 0 Å². The molecule has 0 aliphatic carbocycles. The summed E-state index contributed by atoms with van der Waals surface area (Å²) in [6.07, 6.45) is 8.63. The van der Waals surface area contributed by atoms with Crippen LogP contribution < -0.4 is 5.56 Å². The Morgan fingerprint density at radius 1 is 1.27 bits per heavy atom. The molecule has 1 atom stereocenters. The highest BCUT2D eigenvalue weighted by molar-refractivity contribution is 7.98. The topological polar surface area (TPSA) is 85.8 Å². The fraction of sp³-hybridized carbons (Fsp3) is 0.333. The molecule has 0 aromatic carbocycles. The Kier molecular flexibility index (Phi) is 4.16. The molecular weight excluding hydrogens is 350 g/mol. The third kappa shape index (κ3) is 2.75. The first-order chi connectivity index (χ1) is 12.5. The lowest BCUT2D eigenvalue weighted by atomic mass is 9.95. The van der Waals surface area contributed by atoms with Crippen molar-refractivity contribution in [2.45, 2.75) is 37.1 Å². The van der Waals surface area contributed by atoms with Crippen molar-refractivity contribution in [3.63, 3.8) is 0 Å². The van der Waals surface area contributed by atoms with Crippen LogP contribution in [0.25, 0.3) is 16.9 Å². The number of pyridine rings is 1. The monoisotopic (exact) mass is 369 g/mol. The van der Waals surface area contributed by atoms with Crippen molar-refractivity contribution < 1.29 is 5.11 Å². The van der Waals surface area contributed by atoms with Gasteiger partial charge in [-0.05, 0) is 38.2 Å². The fourth-order valence-electron chi connectivity index (χ4n) is 3.13. The molecule has 0 radical (unpaired) electrons. The highest BCUT2D eigenvalue weighted by Crippen LogP contribution is 2.26. The minimum absolute atomic E-state index is 0.157. The number of aliphatic hydroxyl groups is 1. The van der Waals surface area contributed by atoms with E-state index in [1.54, 1.807) is 22.5 Å². The van der Waals surface area contributed by atoms with Gasteiger partial charge in [0.1, 0.15) is 11.0 Å². The van der Waals surface area contributed by atoms with Gasteiger partial charge in [-0.2, -0.15) is 0 Å². The predicted molar refractivity (Wildman–Crippen MR) is 101 cm³/mol. The molecule has 3 aromatic rings. The molecule has 3 aromatic heterocycles. The van der Waals surface area contributed by atoms with Gasteiger partial charge in [0.2, 0.25) is 0 Å². The number of nitrogens with zero attached hydrogens (tertiary/aromatic N) is 5. The van der Waals surface area contributed by atoms with Crippen molar-refractivity contribution in [2.24, 2.45) is 0 Å². The average molecular weight is 369 g/mol. The maximum absolute atomic E-state index is 12.9. The molecule has 4 heterocycles. The van der Waals surface area contributed by atoms with Gasteiger partial charge in [0.15, 0.2) is 16.6 Å². The van der Waals surface area contributed by atoms with Crippen molar-refractivity contribution in [3.05, 3.63) is 52.6 Å². The number of rotatable bonds is 1. The second kappa shape index (κ2) is 6.37. The van der Waals surface area contributed by atoms with Gasteiger partial charge in [-0.15, -0.1) is 0 Å². The summed E-state index contributed by atoms with van der Waals surface area (Å²) in [5.41, 5.74) is -0.106. The Morgan fingerprint density at radius 3 is 2.92 bits per heavy atom. The van der Waals surface area contributed by atoms with E-state index in [0.717, 1.165) is 0 Å². The van der Waals surface area contributed by atoms with E-state index in [-0.39, 0.29) is 5.56 Å². The summed E-state index contributed by atoms with van der Waals surface area (Å²) in [5, 5.41) is 11.8. The molecule has 0 spiro atoms. The molecule has 134 valence electrons. The number of allylic oxidation sites excluding steroid dienone is 2. The molecule has 4 rings (SSSR count). The van der Waals surface area contributed by atoms with E-state index in [0.29, 0.717) is 47.1 Å². The Balaban J connectivity index is 2.07. The van der Waals surface area contributed by atoms with Gasteiger partial charge in [-0.1, -0.05) is 30.0 Å². The summed E-state index contributed by atoms with van der Waals surface area (Å²) >= 11 is 1.42. The molecule has 0 fully saturated rings. The summed E-state index contributed by atoms with van der Waals surface area (Å²) in [6, 6.07) is 5.47. The van der Waals surface area contributed by atoms with Crippen LogP contribution in [0.1, 0.15) is 25.5 Å². The number of aromatic nitrogens is 5. The Bertz CT molecular complexity index is 1070. The van der Waals surface area contributed by atoms with Gasteiger partial charge in [0.25, 0.3) is 5.56 Å². The molecule has 0 saturated heterocycles. The lowest BCUT2D eigenvalue weighted by Crippen LogP contribution is -2.24. The van der Waals surface area contributed by atoms with Crippen LogP contribution in [0, 0.1) is 0 Å². The summed E-state index contributed by atoms with van der Waals surface area (Å²) in [7, 11) is 0. The van der Waals surface area contributed by atoms with Gasteiger partial charge < -0.3 is 5.11 Å². The maximum Gasteiger partial charge on any atom is 0.278 e. The van der Waals surface area contributed by atoms with Crippen LogP contribution in [0.3, 0.4) is 0 Å². The van der Waals surface area contributed by atoms with Crippen LogP contribution in [0.5, 0.6) is 0 Å². The first-order valence-electron chi connectivity index (χ1n) is 8.39.